The third kappa shape index (κ3) is 6.08. The van der Waals surface area contributed by atoms with Crippen molar-refractivity contribution in [3.05, 3.63) is 36.4 Å². The molecule has 14 heavy (non-hydrogen) atoms. The Kier molecular flexibility index (Phi) is 5.41. The number of phenols is 1. The monoisotopic (exact) mass is 214 g/mol. The maximum Gasteiger partial charge on any atom is 0.401 e. The fourth-order valence-electron chi connectivity index (χ4n) is 0.746. The summed E-state index contributed by atoms with van der Waals surface area (Å²) < 4.78 is 0. The molecular formula is C10H11ClO3. The number of benzene rings is 1. The summed E-state index contributed by atoms with van der Waals surface area (Å²) in [5.41, 5.74) is 0.720. The zero-order valence-corrected chi connectivity index (χ0v) is 8.45. The molecule has 0 amide bonds. The molecule has 0 fully saturated rings. The number of hydrogen-bond acceptors (Lipinski definition) is 2. The average Bonchev–Trinajstić information content (AvgIpc) is 2.03. The highest BCUT2D eigenvalue weighted by atomic mass is 35.5. The van der Waals surface area contributed by atoms with Crippen molar-refractivity contribution in [1.82, 2.24) is 0 Å². The van der Waals surface area contributed by atoms with E-state index in [0.717, 1.165) is 11.1 Å². The molecular weight excluding hydrogens is 204 g/mol. The fourth-order valence-corrected chi connectivity index (χ4v) is 0.746. The minimum atomic E-state index is -1.36. The molecule has 0 heterocycles. The standard InChI is InChI=1S/C9H10O.CHClO2/c1-7(2)8-3-5-9(10)6-4-8;2-1(3)4/h3-6,10H,1H2,2H3;(H,3,4). The van der Waals surface area contributed by atoms with Gasteiger partial charge in [-0.2, -0.15) is 0 Å². The first-order chi connectivity index (χ1) is 6.43. The van der Waals surface area contributed by atoms with Crippen LogP contribution in [0.4, 0.5) is 4.79 Å². The Morgan fingerprint density at radius 2 is 1.71 bits per heavy atom. The van der Waals surface area contributed by atoms with Gasteiger partial charge in [0, 0.05) is 11.6 Å². The van der Waals surface area contributed by atoms with Crippen molar-refractivity contribution in [3.63, 3.8) is 0 Å². The van der Waals surface area contributed by atoms with Gasteiger partial charge < -0.3 is 10.2 Å². The normalized spacial score (nSPS) is 8.43. The zero-order chi connectivity index (χ0) is 11.1. The van der Waals surface area contributed by atoms with Gasteiger partial charge >= 0.3 is 5.43 Å². The molecule has 0 spiro atoms. The first-order valence-electron chi connectivity index (χ1n) is 3.77. The van der Waals surface area contributed by atoms with Crippen molar-refractivity contribution < 1.29 is 15.0 Å². The highest BCUT2D eigenvalue weighted by Crippen LogP contribution is 2.14. The van der Waals surface area contributed by atoms with Crippen LogP contribution < -0.4 is 0 Å². The summed E-state index contributed by atoms with van der Waals surface area (Å²) in [6.45, 7) is 5.71. The molecule has 0 aliphatic carbocycles. The molecule has 0 aromatic heterocycles. The van der Waals surface area contributed by atoms with Gasteiger partial charge in [0.05, 0.1) is 0 Å². The maximum absolute atomic E-state index is 8.91. The van der Waals surface area contributed by atoms with Crippen LogP contribution in [0.2, 0.25) is 0 Å². The SMILES string of the molecule is C=C(C)c1ccc(O)cc1.O=C(O)Cl. The molecule has 0 unspecified atom stereocenters. The Morgan fingerprint density at radius 1 is 1.36 bits per heavy atom. The molecule has 0 radical (unpaired) electrons. The van der Waals surface area contributed by atoms with Gasteiger partial charge in [-0.1, -0.05) is 24.3 Å². The molecule has 0 bridgehead atoms. The first-order valence-corrected chi connectivity index (χ1v) is 4.14. The van der Waals surface area contributed by atoms with Gasteiger partial charge in [0.25, 0.3) is 0 Å². The summed E-state index contributed by atoms with van der Waals surface area (Å²) in [4.78, 5) is 8.77. The van der Waals surface area contributed by atoms with E-state index in [9.17, 15) is 0 Å². The van der Waals surface area contributed by atoms with E-state index in [4.69, 9.17) is 15.0 Å². The highest BCUT2D eigenvalue weighted by Gasteiger charge is 1.90. The van der Waals surface area contributed by atoms with E-state index < -0.39 is 5.43 Å². The molecule has 0 saturated carbocycles. The lowest BCUT2D eigenvalue weighted by Gasteiger charge is -1.97. The van der Waals surface area contributed by atoms with E-state index in [1.165, 1.54) is 0 Å². The molecule has 4 heteroatoms. The number of allylic oxidation sites excluding steroid dienone is 1. The van der Waals surface area contributed by atoms with Crippen molar-refractivity contribution >= 4 is 22.6 Å². The highest BCUT2D eigenvalue weighted by molar-refractivity contribution is 6.60. The Morgan fingerprint density at radius 3 is 2.00 bits per heavy atom. The Hall–Kier alpha value is -1.48. The Bertz CT molecular complexity index is 313. The number of aromatic hydroxyl groups is 1. The van der Waals surface area contributed by atoms with E-state index in [0.29, 0.717) is 5.75 Å². The fraction of sp³-hybridized carbons (Fsp3) is 0.100. The van der Waals surface area contributed by atoms with Crippen molar-refractivity contribution in [2.24, 2.45) is 0 Å². The van der Waals surface area contributed by atoms with Gasteiger partial charge in [-0.15, -0.1) is 0 Å². The topological polar surface area (TPSA) is 57.5 Å². The van der Waals surface area contributed by atoms with Crippen LogP contribution in [0.3, 0.4) is 0 Å². The van der Waals surface area contributed by atoms with Crippen molar-refractivity contribution in [2.45, 2.75) is 6.92 Å². The number of carbonyl (C=O) groups is 1. The van der Waals surface area contributed by atoms with Crippen LogP contribution in [-0.2, 0) is 0 Å². The summed E-state index contributed by atoms with van der Waals surface area (Å²) >= 11 is 4.19. The largest absolute Gasteiger partial charge is 0.508 e. The smallest absolute Gasteiger partial charge is 0.401 e. The lowest BCUT2D eigenvalue weighted by molar-refractivity contribution is 0.220. The second kappa shape index (κ2) is 6.05. The number of carboxylic acid groups (broad SMARTS) is 1. The predicted molar refractivity (Wildman–Crippen MR) is 56.7 cm³/mol. The molecule has 0 aliphatic rings. The molecule has 0 atom stereocenters. The molecule has 1 rings (SSSR count). The summed E-state index contributed by atoms with van der Waals surface area (Å²) in [6.07, 6.45) is 0. The van der Waals surface area contributed by atoms with E-state index in [2.05, 4.69) is 18.2 Å². The van der Waals surface area contributed by atoms with Crippen LogP contribution in [0.15, 0.2) is 30.8 Å². The number of rotatable bonds is 1. The van der Waals surface area contributed by atoms with Crippen molar-refractivity contribution in [1.29, 1.82) is 0 Å². The molecule has 3 nitrogen and oxygen atoms in total. The molecule has 76 valence electrons. The molecule has 0 saturated heterocycles. The summed E-state index contributed by atoms with van der Waals surface area (Å²) in [5, 5.41) is 16.1. The first kappa shape index (κ1) is 12.5. The minimum Gasteiger partial charge on any atom is -0.508 e. The van der Waals surface area contributed by atoms with Gasteiger partial charge in [-0.3, -0.25) is 0 Å². The summed E-state index contributed by atoms with van der Waals surface area (Å²) in [7, 11) is 0. The molecule has 1 aromatic rings. The number of halogens is 1. The number of hydrogen-bond donors (Lipinski definition) is 2. The predicted octanol–water partition coefficient (Wildman–Crippen LogP) is 3.33. The van der Waals surface area contributed by atoms with E-state index >= 15 is 0 Å². The minimum absolute atomic E-state index is 0.296. The maximum atomic E-state index is 8.91. The van der Waals surface area contributed by atoms with Crippen LogP contribution in [-0.4, -0.2) is 15.6 Å². The Labute approximate surface area is 87.3 Å². The quantitative estimate of drug-likeness (QED) is 0.705. The third-order valence-corrected chi connectivity index (χ3v) is 1.36. The molecule has 1 aromatic carbocycles. The van der Waals surface area contributed by atoms with Crippen molar-refractivity contribution in [2.75, 3.05) is 0 Å². The van der Waals surface area contributed by atoms with E-state index in [1.54, 1.807) is 12.1 Å². The van der Waals surface area contributed by atoms with Crippen molar-refractivity contribution in [3.8, 4) is 5.75 Å². The van der Waals surface area contributed by atoms with Gasteiger partial charge in [-0.05, 0) is 24.6 Å². The molecule has 0 aliphatic heterocycles. The van der Waals surface area contributed by atoms with Crippen LogP contribution in [0.5, 0.6) is 5.75 Å². The lowest BCUT2D eigenvalue weighted by Crippen LogP contribution is -1.74. The van der Waals surface area contributed by atoms with Gasteiger partial charge in [-0.25, -0.2) is 4.79 Å². The van der Waals surface area contributed by atoms with E-state index in [-0.39, 0.29) is 0 Å². The van der Waals surface area contributed by atoms with Crippen LogP contribution >= 0.6 is 11.6 Å². The van der Waals surface area contributed by atoms with E-state index in [1.807, 2.05) is 19.1 Å². The van der Waals surface area contributed by atoms with Gasteiger partial charge in [0.15, 0.2) is 0 Å². The second-order valence-electron chi connectivity index (χ2n) is 2.58. The summed E-state index contributed by atoms with van der Waals surface area (Å²) in [5.74, 6) is 0.296. The zero-order valence-electron chi connectivity index (χ0n) is 7.70. The lowest BCUT2D eigenvalue weighted by atomic mass is 10.1. The summed E-state index contributed by atoms with van der Waals surface area (Å²) in [6, 6.07) is 7.00. The average molecular weight is 215 g/mol. The number of phenolic OH excluding ortho intramolecular Hbond substituents is 1. The molecule has 2 N–H and O–H groups in total. The van der Waals surface area contributed by atoms with Crippen LogP contribution in [0.25, 0.3) is 5.57 Å². The van der Waals surface area contributed by atoms with Crippen LogP contribution in [0, 0.1) is 0 Å². The Balaban J connectivity index is 0.000000364. The third-order valence-electron chi connectivity index (χ3n) is 1.36. The van der Waals surface area contributed by atoms with Gasteiger partial charge in [0.1, 0.15) is 5.75 Å². The second-order valence-corrected chi connectivity index (χ2v) is 2.90. The van der Waals surface area contributed by atoms with Gasteiger partial charge in [0.2, 0.25) is 0 Å². The van der Waals surface area contributed by atoms with Crippen LogP contribution in [0.1, 0.15) is 12.5 Å².